The van der Waals surface area contributed by atoms with Gasteiger partial charge in [-0.15, -0.1) is 0 Å². The number of likely N-dealkylation sites (N-methyl/N-ethyl adjacent to an activating group) is 1. The number of furan rings is 1. The van der Waals surface area contributed by atoms with Crippen LogP contribution in [-0.2, 0) is 23.7 Å². The summed E-state index contributed by atoms with van der Waals surface area (Å²) < 4.78 is 9.02. The van der Waals surface area contributed by atoms with Crippen molar-refractivity contribution in [3.8, 4) is 34.4 Å². The lowest BCUT2D eigenvalue weighted by Crippen LogP contribution is -2.45. The number of hydrogen-bond acceptors (Lipinski definition) is 10. The number of anilines is 1. The van der Waals surface area contributed by atoms with Gasteiger partial charge in [-0.2, -0.15) is 0 Å². The van der Waals surface area contributed by atoms with E-state index in [0.29, 0.717) is 23.3 Å². The molecule has 0 spiro atoms. The Morgan fingerprint density at radius 2 is 1.76 bits per heavy atom. The molecule has 290 valence electrons. The minimum absolute atomic E-state index is 0.0938. The molecule has 1 atom stereocenters. The molecule has 2 saturated heterocycles. The maximum atomic E-state index is 13.1. The van der Waals surface area contributed by atoms with Gasteiger partial charge in [0.25, 0.3) is 5.91 Å². The second-order valence-corrected chi connectivity index (χ2v) is 14.8. The molecule has 5 aromatic heterocycles. The monoisotopic (exact) mass is 773 g/mol. The van der Waals surface area contributed by atoms with Crippen LogP contribution >= 0.6 is 0 Å². The summed E-state index contributed by atoms with van der Waals surface area (Å²) in [6.07, 6.45) is 5.73. The standard InChI is InChI=1S/C44H39N9O5/c1-50-16-18-53(19-17-50)41-40-37(51(2)44(57)52(40)3)22-36(48-41)29-8-4-7-27-21-35(47-24-32(27)29)28-10-12-34(46-23-28)43(56)45-15-5-6-26-9-13-38-31(20-26)33(25-58-38)30-11-14-39(54)49-42(30)55/h4,7-10,12-13,20-25,30H,11,14-19H2,1-3H3,(H,45,56)(H,49,54,55). The van der Waals surface area contributed by atoms with Crippen LogP contribution in [0, 0.1) is 11.8 Å². The number of pyridine rings is 3. The molecule has 14 nitrogen and oxygen atoms in total. The van der Waals surface area contributed by atoms with E-state index in [1.807, 2.05) is 54.7 Å². The van der Waals surface area contributed by atoms with Crippen molar-refractivity contribution in [1.82, 2.24) is 39.6 Å². The molecule has 2 aliphatic heterocycles. The average Bonchev–Trinajstić information content (AvgIpc) is 3.75. The Kier molecular flexibility index (Phi) is 9.29. The number of piperazine rings is 1. The van der Waals surface area contributed by atoms with Gasteiger partial charge in [-0.05, 0) is 61.3 Å². The fourth-order valence-electron chi connectivity index (χ4n) is 7.87. The first-order valence-electron chi connectivity index (χ1n) is 19.1. The molecule has 2 fully saturated rings. The highest BCUT2D eigenvalue weighted by molar-refractivity contribution is 6.03. The molecule has 1 unspecified atom stereocenters. The number of aromatic nitrogens is 5. The lowest BCUT2D eigenvalue weighted by atomic mass is 9.90. The van der Waals surface area contributed by atoms with E-state index in [0.717, 1.165) is 81.6 Å². The second-order valence-electron chi connectivity index (χ2n) is 14.8. The quantitative estimate of drug-likeness (QED) is 0.184. The van der Waals surface area contributed by atoms with Gasteiger partial charge in [0.05, 0.1) is 35.6 Å². The highest BCUT2D eigenvalue weighted by Gasteiger charge is 2.30. The molecule has 14 heteroatoms. The van der Waals surface area contributed by atoms with Gasteiger partial charge >= 0.3 is 5.69 Å². The molecule has 0 aliphatic carbocycles. The summed E-state index contributed by atoms with van der Waals surface area (Å²) in [6, 6.07) is 19.0. The Balaban J connectivity index is 0.907. The fraction of sp³-hybridized carbons (Fsp3) is 0.250. The van der Waals surface area contributed by atoms with Crippen LogP contribution in [0.4, 0.5) is 5.82 Å². The number of benzene rings is 2. The molecule has 2 aromatic carbocycles. The molecule has 2 N–H and O–H groups in total. The minimum atomic E-state index is -0.468. The number of nitrogens with one attached hydrogen (secondary N) is 2. The Bertz CT molecular complexity index is 2930. The highest BCUT2D eigenvalue weighted by Crippen LogP contribution is 2.35. The van der Waals surface area contributed by atoms with Crippen LogP contribution in [0.25, 0.3) is 55.3 Å². The van der Waals surface area contributed by atoms with E-state index in [1.54, 1.807) is 47.8 Å². The number of imide groups is 1. The van der Waals surface area contributed by atoms with Crippen molar-refractivity contribution >= 4 is 56.3 Å². The van der Waals surface area contributed by atoms with Crippen LogP contribution in [0.1, 0.15) is 40.4 Å². The third-order valence-electron chi connectivity index (χ3n) is 11.1. The summed E-state index contributed by atoms with van der Waals surface area (Å²) >= 11 is 0. The van der Waals surface area contributed by atoms with Crippen molar-refractivity contribution in [2.45, 2.75) is 18.8 Å². The zero-order valence-corrected chi connectivity index (χ0v) is 32.2. The third kappa shape index (κ3) is 6.65. The molecule has 0 bridgehead atoms. The molecular weight excluding hydrogens is 735 g/mol. The summed E-state index contributed by atoms with van der Waals surface area (Å²) in [7, 11) is 5.71. The molecule has 58 heavy (non-hydrogen) atoms. The predicted octanol–water partition coefficient (Wildman–Crippen LogP) is 4.35. The van der Waals surface area contributed by atoms with E-state index < -0.39 is 5.92 Å². The molecule has 7 heterocycles. The van der Waals surface area contributed by atoms with Crippen molar-refractivity contribution in [3.05, 3.63) is 107 Å². The topological polar surface area (TPSA) is 160 Å². The first kappa shape index (κ1) is 36.5. The molecule has 7 aromatic rings. The van der Waals surface area contributed by atoms with Crippen molar-refractivity contribution in [2.75, 3.05) is 44.7 Å². The van der Waals surface area contributed by atoms with E-state index in [9.17, 15) is 19.2 Å². The van der Waals surface area contributed by atoms with E-state index in [2.05, 4.69) is 44.3 Å². The van der Waals surface area contributed by atoms with Gasteiger partial charge in [-0.3, -0.25) is 38.8 Å². The molecular formula is C44H39N9O5. The average molecular weight is 774 g/mol. The number of hydrogen-bond donors (Lipinski definition) is 2. The molecule has 3 amide bonds. The van der Waals surface area contributed by atoms with Crippen LogP contribution in [0.3, 0.4) is 0 Å². The summed E-state index contributed by atoms with van der Waals surface area (Å²) in [5.74, 6) is 5.42. The third-order valence-corrected chi connectivity index (χ3v) is 11.1. The van der Waals surface area contributed by atoms with Crippen LogP contribution in [-0.4, -0.2) is 86.5 Å². The Morgan fingerprint density at radius 3 is 2.55 bits per heavy atom. The predicted molar refractivity (Wildman–Crippen MR) is 220 cm³/mol. The largest absolute Gasteiger partial charge is 0.464 e. The van der Waals surface area contributed by atoms with Gasteiger partial charge in [0.15, 0.2) is 5.82 Å². The number of carbonyl (C=O) groups excluding carboxylic acids is 3. The SMILES string of the molecule is CN1CCN(c2nc(-c3cccc4cc(-c5ccc(C(=O)NCC#Cc6ccc7occ(C8CCC(=O)NC8=O)c7c6)nc5)ncc34)cc3c2n(C)c(=O)n3C)CC1. The fourth-order valence-corrected chi connectivity index (χ4v) is 7.87. The molecule has 0 saturated carbocycles. The maximum absolute atomic E-state index is 13.1. The zero-order valence-electron chi connectivity index (χ0n) is 32.2. The maximum Gasteiger partial charge on any atom is 0.328 e. The number of amides is 3. The van der Waals surface area contributed by atoms with Crippen LogP contribution in [0.15, 0.2) is 88.5 Å². The number of nitrogens with zero attached hydrogens (tertiary/aromatic N) is 7. The van der Waals surface area contributed by atoms with Crippen LogP contribution < -0.4 is 21.2 Å². The van der Waals surface area contributed by atoms with Gasteiger partial charge in [0.1, 0.15) is 16.8 Å². The number of piperidine rings is 1. The van der Waals surface area contributed by atoms with E-state index >= 15 is 0 Å². The van der Waals surface area contributed by atoms with Gasteiger partial charge in [-0.25, -0.2) is 9.78 Å². The van der Waals surface area contributed by atoms with Gasteiger partial charge in [-0.1, -0.05) is 30.0 Å². The van der Waals surface area contributed by atoms with E-state index in [1.165, 1.54) is 0 Å². The number of fused-ring (bicyclic) bond motifs is 3. The van der Waals surface area contributed by atoms with Gasteiger partial charge in [0, 0.05) is 92.1 Å². The van der Waals surface area contributed by atoms with Crippen molar-refractivity contribution in [1.29, 1.82) is 0 Å². The van der Waals surface area contributed by atoms with Crippen LogP contribution in [0.5, 0.6) is 0 Å². The van der Waals surface area contributed by atoms with Gasteiger partial charge in [0.2, 0.25) is 11.8 Å². The smallest absolute Gasteiger partial charge is 0.328 e. The van der Waals surface area contributed by atoms with E-state index in [-0.39, 0.29) is 42.1 Å². The first-order chi connectivity index (χ1) is 28.1. The number of aryl methyl sites for hydroxylation is 2. The lowest BCUT2D eigenvalue weighted by Gasteiger charge is -2.33. The normalized spacial score (nSPS) is 16.1. The van der Waals surface area contributed by atoms with Crippen LogP contribution in [0.2, 0.25) is 0 Å². The highest BCUT2D eigenvalue weighted by atomic mass is 16.3. The van der Waals surface area contributed by atoms with Crippen molar-refractivity contribution < 1.29 is 18.8 Å². The van der Waals surface area contributed by atoms with E-state index in [4.69, 9.17) is 14.4 Å². The number of rotatable bonds is 6. The van der Waals surface area contributed by atoms with Crippen molar-refractivity contribution in [3.63, 3.8) is 0 Å². The Hall–Kier alpha value is -7.11. The summed E-state index contributed by atoms with van der Waals surface area (Å²) in [5, 5.41) is 7.85. The Morgan fingerprint density at radius 1 is 0.914 bits per heavy atom. The summed E-state index contributed by atoms with van der Waals surface area (Å²) in [4.78, 5) is 69.1. The van der Waals surface area contributed by atoms with Gasteiger partial charge < -0.3 is 19.5 Å². The molecule has 2 aliphatic rings. The minimum Gasteiger partial charge on any atom is -0.464 e. The van der Waals surface area contributed by atoms with Crippen molar-refractivity contribution in [2.24, 2.45) is 14.1 Å². The number of imidazole rings is 1. The Labute approximate surface area is 332 Å². The molecule has 0 radical (unpaired) electrons. The molecule has 9 rings (SSSR count). The zero-order chi connectivity index (χ0) is 40.1. The number of carbonyl (C=O) groups is 3. The first-order valence-corrected chi connectivity index (χ1v) is 19.1. The lowest BCUT2D eigenvalue weighted by molar-refractivity contribution is -0.134. The summed E-state index contributed by atoms with van der Waals surface area (Å²) in [6.45, 7) is 3.55. The summed E-state index contributed by atoms with van der Waals surface area (Å²) in [5.41, 5.74) is 6.99. The second kappa shape index (κ2) is 14.8.